The van der Waals surface area contributed by atoms with Crippen LogP contribution in [-0.2, 0) is 12.0 Å². The summed E-state index contributed by atoms with van der Waals surface area (Å²) in [5.41, 5.74) is -0.207. The van der Waals surface area contributed by atoms with Gasteiger partial charge in [0.2, 0.25) is 0 Å². The summed E-state index contributed by atoms with van der Waals surface area (Å²) in [4.78, 5) is 4.38. The maximum atomic E-state index is 13.6. The van der Waals surface area contributed by atoms with Gasteiger partial charge in [-0.2, -0.15) is 11.3 Å². The lowest BCUT2D eigenvalue weighted by molar-refractivity contribution is 0.0677. The van der Waals surface area contributed by atoms with Gasteiger partial charge in [0.05, 0.1) is 6.54 Å². The number of hydrogen-bond donors (Lipinski definition) is 3. The van der Waals surface area contributed by atoms with Crippen LogP contribution in [0.25, 0.3) is 0 Å². The molecule has 3 N–H and O–H groups in total. The Morgan fingerprint density at radius 1 is 1.24 bits per heavy atom. The average molecular weight is 367 g/mol. The van der Waals surface area contributed by atoms with Crippen molar-refractivity contribution in [1.82, 2.24) is 10.6 Å². The molecule has 2 aromatic rings. The largest absolute Gasteiger partial charge is 0.383 e. The van der Waals surface area contributed by atoms with Crippen molar-refractivity contribution in [1.29, 1.82) is 0 Å². The molecule has 0 bridgehead atoms. The molecule has 1 aromatic carbocycles. The fraction of sp³-hybridized carbons (Fsp3) is 0.389. The number of guanidine groups is 1. The Hall–Kier alpha value is -1.99. The number of halogens is 2. The second kappa shape index (κ2) is 8.92. The van der Waals surface area contributed by atoms with Crippen LogP contribution in [-0.4, -0.2) is 30.7 Å². The number of hydrogen-bond acceptors (Lipinski definition) is 3. The minimum atomic E-state index is -1.07. The van der Waals surface area contributed by atoms with Crippen molar-refractivity contribution in [2.24, 2.45) is 4.99 Å². The third-order valence-corrected chi connectivity index (χ3v) is 4.44. The third kappa shape index (κ3) is 5.51. The summed E-state index contributed by atoms with van der Waals surface area (Å²) in [6.45, 7) is 4.76. The first-order valence-electron chi connectivity index (χ1n) is 8.14. The van der Waals surface area contributed by atoms with E-state index in [2.05, 4.69) is 15.6 Å². The summed E-state index contributed by atoms with van der Waals surface area (Å²) in [5, 5.41) is 20.4. The lowest BCUT2D eigenvalue weighted by atomic mass is 10.00. The van der Waals surface area contributed by atoms with Crippen molar-refractivity contribution in [3.05, 3.63) is 57.8 Å². The first-order chi connectivity index (χ1) is 11.9. The highest BCUT2D eigenvalue weighted by Crippen LogP contribution is 2.23. The molecule has 0 aliphatic heterocycles. The van der Waals surface area contributed by atoms with Crippen molar-refractivity contribution in [2.75, 3.05) is 19.6 Å². The molecular weight excluding hydrogens is 344 g/mol. The standard InChI is InChI=1S/C18H23F2N3OS/c1-3-21-17(23-12-18(2,24)13-8-10-25-11-13)22-9-7-14-15(19)5-4-6-16(14)20/h4-6,8,10-11,24H,3,7,9,12H2,1-2H3,(H2,21,22,23). The van der Waals surface area contributed by atoms with E-state index in [9.17, 15) is 13.9 Å². The molecule has 0 aliphatic carbocycles. The maximum Gasteiger partial charge on any atom is 0.191 e. The van der Waals surface area contributed by atoms with Crippen LogP contribution in [0, 0.1) is 11.6 Å². The van der Waals surface area contributed by atoms with Crippen molar-refractivity contribution in [3.8, 4) is 0 Å². The fourth-order valence-electron chi connectivity index (χ4n) is 2.31. The fourth-order valence-corrected chi connectivity index (χ4v) is 3.10. The molecule has 7 heteroatoms. The van der Waals surface area contributed by atoms with E-state index in [0.29, 0.717) is 19.0 Å². The number of rotatable bonds is 7. The highest BCUT2D eigenvalue weighted by Gasteiger charge is 2.23. The summed E-state index contributed by atoms with van der Waals surface area (Å²) in [7, 11) is 0. The van der Waals surface area contributed by atoms with Crippen molar-refractivity contribution in [3.63, 3.8) is 0 Å². The van der Waals surface area contributed by atoms with E-state index >= 15 is 0 Å². The highest BCUT2D eigenvalue weighted by molar-refractivity contribution is 7.08. The second-order valence-electron chi connectivity index (χ2n) is 5.86. The number of nitrogens with zero attached hydrogens (tertiary/aromatic N) is 1. The monoisotopic (exact) mass is 367 g/mol. The Morgan fingerprint density at radius 2 is 1.96 bits per heavy atom. The molecule has 1 aromatic heterocycles. The molecule has 0 amide bonds. The Balaban J connectivity index is 1.96. The molecule has 136 valence electrons. The minimum absolute atomic E-state index is 0.0520. The van der Waals surface area contributed by atoms with E-state index < -0.39 is 17.2 Å². The van der Waals surface area contributed by atoms with Gasteiger partial charge in [0.25, 0.3) is 0 Å². The molecule has 0 aliphatic rings. The quantitative estimate of drug-likeness (QED) is 0.521. The van der Waals surface area contributed by atoms with E-state index in [-0.39, 0.29) is 18.5 Å². The molecular formula is C18H23F2N3OS. The first-order valence-corrected chi connectivity index (χ1v) is 9.08. The lowest BCUT2D eigenvalue weighted by Gasteiger charge is -2.21. The Kier molecular flexibility index (Phi) is 6.90. The van der Waals surface area contributed by atoms with Crippen LogP contribution in [0.4, 0.5) is 8.78 Å². The molecule has 0 saturated heterocycles. The van der Waals surface area contributed by atoms with Gasteiger partial charge in [0.15, 0.2) is 5.96 Å². The predicted octanol–water partition coefficient (Wildman–Crippen LogP) is 3.03. The van der Waals surface area contributed by atoms with Crippen LogP contribution in [0.1, 0.15) is 25.0 Å². The van der Waals surface area contributed by atoms with Crippen LogP contribution >= 0.6 is 11.3 Å². The minimum Gasteiger partial charge on any atom is -0.383 e. The summed E-state index contributed by atoms with van der Waals surface area (Å²) in [5.74, 6) is -0.608. The molecule has 0 saturated carbocycles. The third-order valence-electron chi connectivity index (χ3n) is 3.76. The van der Waals surface area contributed by atoms with E-state index in [1.54, 1.807) is 6.92 Å². The highest BCUT2D eigenvalue weighted by atomic mass is 32.1. The molecule has 0 fully saturated rings. The van der Waals surface area contributed by atoms with Gasteiger partial charge in [-0.1, -0.05) is 6.07 Å². The first kappa shape index (κ1) is 19.3. The summed E-state index contributed by atoms with van der Waals surface area (Å²) >= 11 is 1.51. The smallest absolute Gasteiger partial charge is 0.191 e. The molecule has 0 spiro atoms. The normalized spacial score (nSPS) is 14.2. The van der Waals surface area contributed by atoms with Gasteiger partial charge in [0.1, 0.15) is 17.2 Å². The molecule has 2 rings (SSSR count). The molecule has 4 nitrogen and oxygen atoms in total. The summed E-state index contributed by atoms with van der Waals surface area (Å²) in [6.07, 6.45) is 0.198. The van der Waals surface area contributed by atoms with Crippen LogP contribution in [0.2, 0.25) is 0 Å². The topological polar surface area (TPSA) is 56.7 Å². The van der Waals surface area contributed by atoms with Crippen LogP contribution in [0.3, 0.4) is 0 Å². The van der Waals surface area contributed by atoms with Crippen LogP contribution in [0.5, 0.6) is 0 Å². The predicted molar refractivity (Wildman–Crippen MR) is 97.9 cm³/mol. The number of aliphatic imine (C=N–C) groups is 1. The zero-order valence-electron chi connectivity index (χ0n) is 14.4. The zero-order chi connectivity index (χ0) is 18.3. The lowest BCUT2D eigenvalue weighted by Crippen LogP contribution is -2.39. The summed E-state index contributed by atoms with van der Waals surface area (Å²) in [6, 6.07) is 5.70. The van der Waals surface area contributed by atoms with Gasteiger partial charge in [-0.3, -0.25) is 0 Å². The van der Waals surface area contributed by atoms with Crippen molar-refractivity contribution in [2.45, 2.75) is 25.9 Å². The van der Waals surface area contributed by atoms with E-state index in [0.717, 1.165) is 5.56 Å². The summed E-state index contributed by atoms with van der Waals surface area (Å²) < 4.78 is 27.3. The average Bonchev–Trinajstić information content (AvgIpc) is 3.11. The number of nitrogens with one attached hydrogen (secondary N) is 2. The van der Waals surface area contributed by atoms with Crippen molar-refractivity contribution < 1.29 is 13.9 Å². The van der Waals surface area contributed by atoms with E-state index in [4.69, 9.17) is 0 Å². The maximum absolute atomic E-state index is 13.6. The Morgan fingerprint density at radius 3 is 2.56 bits per heavy atom. The molecule has 0 radical (unpaired) electrons. The van der Waals surface area contributed by atoms with Gasteiger partial charge in [-0.25, -0.2) is 13.8 Å². The number of aliphatic hydroxyl groups is 1. The van der Waals surface area contributed by atoms with Crippen LogP contribution < -0.4 is 10.6 Å². The Labute approximate surface area is 150 Å². The van der Waals surface area contributed by atoms with Gasteiger partial charge in [-0.05, 0) is 54.8 Å². The van der Waals surface area contributed by atoms with Gasteiger partial charge in [0, 0.05) is 18.7 Å². The number of benzene rings is 1. The molecule has 1 unspecified atom stereocenters. The zero-order valence-corrected chi connectivity index (χ0v) is 15.2. The SMILES string of the molecule is CCNC(=NCC(C)(O)c1ccsc1)NCCc1c(F)cccc1F. The van der Waals surface area contributed by atoms with Gasteiger partial charge >= 0.3 is 0 Å². The second-order valence-corrected chi connectivity index (χ2v) is 6.64. The molecule has 25 heavy (non-hydrogen) atoms. The molecule has 1 heterocycles. The van der Waals surface area contributed by atoms with Crippen molar-refractivity contribution >= 4 is 17.3 Å². The van der Waals surface area contributed by atoms with Gasteiger partial charge in [-0.15, -0.1) is 0 Å². The molecule has 1 atom stereocenters. The van der Waals surface area contributed by atoms with Gasteiger partial charge < -0.3 is 15.7 Å². The number of thiophene rings is 1. The van der Waals surface area contributed by atoms with Crippen LogP contribution in [0.15, 0.2) is 40.0 Å². The Bertz CT molecular complexity index is 682. The van der Waals surface area contributed by atoms with E-state index in [1.807, 2.05) is 23.8 Å². The van der Waals surface area contributed by atoms with E-state index in [1.165, 1.54) is 29.5 Å².